The summed E-state index contributed by atoms with van der Waals surface area (Å²) in [6.45, 7) is 4.72. The Kier molecular flexibility index (Phi) is 3.68. The van der Waals surface area contributed by atoms with Crippen molar-refractivity contribution in [3.8, 4) is 0 Å². The van der Waals surface area contributed by atoms with E-state index in [1.165, 1.54) is 22.4 Å². The number of fused-ring (bicyclic) bond motifs is 1. The number of benzene rings is 1. The molecule has 0 radical (unpaired) electrons. The van der Waals surface area contributed by atoms with E-state index in [0.717, 1.165) is 24.8 Å². The number of hydrogen-bond donors (Lipinski definition) is 1. The van der Waals surface area contributed by atoms with Crippen LogP contribution in [0.3, 0.4) is 0 Å². The summed E-state index contributed by atoms with van der Waals surface area (Å²) in [5, 5.41) is 0. The molecule has 2 aromatic rings. The van der Waals surface area contributed by atoms with Crippen molar-refractivity contribution in [3.05, 3.63) is 68.6 Å². The van der Waals surface area contributed by atoms with Crippen LogP contribution < -0.4 is 11.3 Å². The lowest BCUT2D eigenvalue weighted by molar-refractivity contribution is 0.544. The highest BCUT2D eigenvalue weighted by Crippen LogP contribution is 2.22. The first-order valence-electron chi connectivity index (χ1n) is 7.60. The Bertz CT molecular complexity index is 710. The van der Waals surface area contributed by atoms with Gasteiger partial charge in [-0.3, -0.25) is 4.79 Å². The Hall–Kier alpha value is -1.87. The lowest BCUT2D eigenvalue weighted by Crippen LogP contribution is -2.28. The molecule has 0 fully saturated rings. The molecule has 1 aliphatic rings. The summed E-state index contributed by atoms with van der Waals surface area (Å²) >= 11 is 0. The Balaban J connectivity index is 1.93. The molecule has 0 amide bonds. The second-order valence-corrected chi connectivity index (χ2v) is 6.14. The largest absolute Gasteiger partial charge is 0.322 e. The zero-order chi connectivity index (χ0) is 15.0. The predicted octanol–water partition coefficient (Wildman–Crippen LogP) is 2.65. The Morgan fingerprint density at radius 3 is 2.57 bits per heavy atom. The van der Waals surface area contributed by atoms with Crippen molar-refractivity contribution in [1.82, 2.24) is 4.57 Å². The van der Waals surface area contributed by atoms with Crippen LogP contribution in [0, 0.1) is 13.8 Å². The minimum absolute atomic E-state index is 0.0653. The van der Waals surface area contributed by atoms with Crippen molar-refractivity contribution in [2.24, 2.45) is 5.73 Å². The van der Waals surface area contributed by atoms with Crippen LogP contribution in [0.4, 0.5) is 0 Å². The number of nitrogens with two attached hydrogens (primary N) is 1. The van der Waals surface area contributed by atoms with Gasteiger partial charge in [-0.1, -0.05) is 35.4 Å². The van der Waals surface area contributed by atoms with Gasteiger partial charge in [0.2, 0.25) is 0 Å². The molecule has 0 aliphatic heterocycles. The van der Waals surface area contributed by atoms with Crippen molar-refractivity contribution >= 4 is 0 Å². The van der Waals surface area contributed by atoms with Gasteiger partial charge in [-0.05, 0) is 44.2 Å². The first kappa shape index (κ1) is 14.1. The summed E-state index contributed by atoms with van der Waals surface area (Å²) in [4.78, 5) is 12.2. The molecule has 110 valence electrons. The number of aryl methyl sites for hydroxylation is 3. The van der Waals surface area contributed by atoms with E-state index in [2.05, 4.69) is 32.0 Å². The number of rotatable bonds is 3. The van der Waals surface area contributed by atoms with Crippen molar-refractivity contribution in [2.75, 3.05) is 0 Å². The highest BCUT2D eigenvalue weighted by atomic mass is 16.1. The van der Waals surface area contributed by atoms with Crippen molar-refractivity contribution in [1.29, 1.82) is 0 Å². The molecule has 1 aromatic carbocycles. The van der Waals surface area contributed by atoms with Crippen LogP contribution in [-0.2, 0) is 19.4 Å². The quantitative estimate of drug-likeness (QED) is 0.941. The molecule has 0 spiro atoms. The SMILES string of the molecule is Cc1cc(C)cc(C(N)Cn2c3c(ccc2=O)CCC3)c1. The smallest absolute Gasteiger partial charge is 0.250 e. The topological polar surface area (TPSA) is 48.0 Å². The molecule has 0 bridgehead atoms. The van der Waals surface area contributed by atoms with Gasteiger partial charge in [0.15, 0.2) is 0 Å². The average molecular weight is 282 g/mol. The molecule has 21 heavy (non-hydrogen) atoms. The second kappa shape index (κ2) is 5.49. The molecular weight excluding hydrogens is 260 g/mol. The van der Waals surface area contributed by atoms with Crippen molar-refractivity contribution in [2.45, 2.75) is 45.7 Å². The maximum absolute atomic E-state index is 12.2. The van der Waals surface area contributed by atoms with Crippen molar-refractivity contribution < 1.29 is 0 Å². The molecule has 3 heteroatoms. The fourth-order valence-electron chi connectivity index (χ4n) is 3.36. The average Bonchev–Trinajstić information content (AvgIpc) is 2.89. The standard InChI is InChI=1S/C18H22N2O/c1-12-8-13(2)10-15(9-12)16(19)11-20-17-5-3-4-14(17)6-7-18(20)21/h6-10,16H,3-5,11,19H2,1-2H3. The van der Waals surface area contributed by atoms with E-state index < -0.39 is 0 Å². The van der Waals surface area contributed by atoms with Crippen LogP contribution in [0.25, 0.3) is 0 Å². The van der Waals surface area contributed by atoms with Gasteiger partial charge in [0.05, 0.1) is 0 Å². The minimum atomic E-state index is -0.145. The molecule has 0 saturated carbocycles. The third kappa shape index (κ3) is 2.79. The van der Waals surface area contributed by atoms with Gasteiger partial charge in [-0.2, -0.15) is 0 Å². The first-order chi connectivity index (χ1) is 10.0. The third-order valence-corrected chi connectivity index (χ3v) is 4.30. The van der Waals surface area contributed by atoms with Crippen LogP contribution in [-0.4, -0.2) is 4.57 Å². The van der Waals surface area contributed by atoms with Crippen LogP contribution in [0.5, 0.6) is 0 Å². The Morgan fingerprint density at radius 1 is 1.14 bits per heavy atom. The van der Waals surface area contributed by atoms with Crippen LogP contribution in [0.2, 0.25) is 0 Å². The molecule has 1 aliphatic carbocycles. The highest BCUT2D eigenvalue weighted by molar-refractivity contribution is 5.31. The van der Waals surface area contributed by atoms with E-state index >= 15 is 0 Å². The van der Waals surface area contributed by atoms with Gasteiger partial charge in [-0.15, -0.1) is 0 Å². The fraction of sp³-hybridized carbons (Fsp3) is 0.389. The van der Waals surface area contributed by atoms with Crippen molar-refractivity contribution in [3.63, 3.8) is 0 Å². The Labute approximate surface area is 125 Å². The van der Waals surface area contributed by atoms with Crippen LogP contribution in [0.15, 0.2) is 35.1 Å². The van der Waals surface area contributed by atoms with Gasteiger partial charge in [0.25, 0.3) is 5.56 Å². The Morgan fingerprint density at radius 2 is 1.86 bits per heavy atom. The van der Waals surface area contributed by atoms with Gasteiger partial charge < -0.3 is 10.3 Å². The molecule has 1 heterocycles. The second-order valence-electron chi connectivity index (χ2n) is 6.14. The van der Waals surface area contributed by atoms with E-state index in [1.807, 2.05) is 10.6 Å². The number of aromatic nitrogens is 1. The number of pyridine rings is 1. The number of hydrogen-bond acceptors (Lipinski definition) is 2. The normalized spacial score (nSPS) is 15.0. The van der Waals surface area contributed by atoms with Crippen LogP contribution in [0.1, 0.15) is 40.4 Å². The van der Waals surface area contributed by atoms with Crippen LogP contribution >= 0.6 is 0 Å². The molecule has 2 N–H and O–H groups in total. The van der Waals surface area contributed by atoms with E-state index in [1.54, 1.807) is 6.07 Å². The zero-order valence-corrected chi connectivity index (χ0v) is 12.7. The lowest BCUT2D eigenvalue weighted by Gasteiger charge is -2.18. The summed E-state index contributed by atoms with van der Waals surface area (Å²) in [6, 6.07) is 9.88. The molecule has 1 aromatic heterocycles. The maximum Gasteiger partial charge on any atom is 0.250 e. The molecule has 3 rings (SSSR count). The summed E-state index contributed by atoms with van der Waals surface area (Å²) in [5.74, 6) is 0. The summed E-state index contributed by atoms with van der Waals surface area (Å²) in [5.41, 5.74) is 12.5. The molecule has 0 saturated heterocycles. The molecule has 3 nitrogen and oxygen atoms in total. The maximum atomic E-state index is 12.2. The summed E-state index contributed by atoms with van der Waals surface area (Å²) < 4.78 is 1.88. The van der Waals surface area contributed by atoms with Gasteiger partial charge >= 0.3 is 0 Å². The molecule has 1 unspecified atom stereocenters. The van der Waals surface area contributed by atoms with Gasteiger partial charge in [-0.25, -0.2) is 0 Å². The van der Waals surface area contributed by atoms with E-state index in [9.17, 15) is 4.79 Å². The zero-order valence-electron chi connectivity index (χ0n) is 12.7. The highest BCUT2D eigenvalue weighted by Gasteiger charge is 2.18. The first-order valence-corrected chi connectivity index (χ1v) is 7.60. The summed E-state index contributed by atoms with van der Waals surface area (Å²) in [7, 11) is 0. The van der Waals surface area contributed by atoms with E-state index in [4.69, 9.17) is 5.73 Å². The van der Waals surface area contributed by atoms with E-state index in [-0.39, 0.29) is 11.6 Å². The van der Waals surface area contributed by atoms with Gasteiger partial charge in [0.1, 0.15) is 0 Å². The van der Waals surface area contributed by atoms with Gasteiger partial charge in [0, 0.05) is 24.3 Å². The minimum Gasteiger partial charge on any atom is -0.322 e. The fourth-order valence-corrected chi connectivity index (χ4v) is 3.36. The summed E-state index contributed by atoms with van der Waals surface area (Å²) in [6.07, 6.45) is 3.21. The molecular formula is C18H22N2O. The third-order valence-electron chi connectivity index (χ3n) is 4.30. The lowest BCUT2D eigenvalue weighted by atomic mass is 10.0. The van der Waals surface area contributed by atoms with E-state index in [0.29, 0.717) is 6.54 Å². The predicted molar refractivity (Wildman–Crippen MR) is 85.6 cm³/mol. The molecule has 1 atom stereocenters. The monoisotopic (exact) mass is 282 g/mol. The number of nitrogens with zero attached hydrogens (tertiary/aromatic N) is 1.